The molecule has 1 N–H and O–H groups in total. The number of nitrogens with one attached hydrogen (secondary N) is 1. The van der Waals surface area contributed by atoms with Gasteiger partial charge in [0.25, 0.3) is 5.91 Å². The number of carbonyl (C=O) groups excluding carboxylic acids is 1. The van der Waals surface area contributed by atoms with E-state index in [0.29, 0.717) is 0 Å². The van der Waals surface area contributed by atoms with Gasteiger partial charge in [-0.1, -0.05) is 6.92 Å². The smallest absolute Gasteiger partial charge is 0.261 e. The van der Waals surface area contributed by atoms with E-state index in [-0.39, 0.29) is 11.9 Å². The molecule has 0 unspecified atom stereocenters. The number of imidazole rings is 1. The molecule has 0 radical (unpaired) electrons. The monoisotopic (exact) mass is 275 g/mol. The van der Waals surface area contributed by atoms with Crippen LogP contribution in [0.1, 0.15) is 34.4 Å². The quantitative estimate of drug-likeness (QED) is 0.934. The van der Waals surface area contributed by atoms with Crippen molar-refractivity contribution in [2.24, 2.45) is 0 Å². The molecule has 3 rings (SSSR count). The molecule has 2 aromatic heterocycles. The van der Waals surface area contributed by atoms with Crippen molar-refractivity contribution in [2.45, 2.75) is 38.8 Å². The topological polar surface area (TPSA) is 46.9 Å². The highest BCUT2D eigenvalue weighted by Gasteiger charge is 2.22. The predicted octanol–water partition coefficient (Wildman–Crippen LogP) is 2.25. The summed E-state index contributed by atoms with van der Waals surface area (Å²) < 4.78 is 2.13. The summed E-state index contributed by atoms with van der Waals surface area (Å²) >= 11 is 1.53. The van der Waals surface area contributed by atoms with Crippen LogP contribution in [0.15, 0.2) is 23.8 Å². The number of amides is 1. The first kappa shape index (κ1) is 12.4. The molecule has 1 amide bonds. The number of hydrogen-bond acceptors (Lipinski definition) is 3. The van der Waals surface area contributed by atoms with Crippen molar-refractivity contribution in [2.75, 3.05) is 0 Å². The van der Waals surface area contributed by atoms with Crippen molar-refractivity contribution in [3.8, 4) is 0 Å². The Labute approximate surface area is 116 Å². The minimum absolute atomic E-state index is 0.0698. The lowest BCUT2D eigenvalue weighted by molar-refractivity contribution is 0.0931. The summed E-state index contributed by atoms with van der Waals surface area (Å²) in [5, 5.41) is 5.14. The summed E-state index contributed by atoms with van der Waals surface area (Å²) in [4.78, 5) is 17.4. The summed E-state index contributed by atoms with van der Waals surface area (Å²) in [6.45, 7) is 2.91. The molecule has 0 spiro atoms. The van der Waals surface area contributed by atoms with Gasteiger partial charge in [-0.2, -0.15) is 0 Å². The Kier molecular flexibility index (Phi) is 3.38. The first-order valence-corrected chi connectivity index (χ1v) is 7.53. The molecule has 0 aromatic carbocycles. The van der Waals surface area contributed by atoms with Crippen LogP contribution >= 0.6 is 11.3 Å². The maximum Gasteiger partial charge on any atom is 0.261 e. The molecule has 0 aliphatic carbocycles. The zero-order chi connectivity index (χ0) is 13.2. The number of hydrogen-bond donors (Lipinski definition) is 1. The number of rotatable bonds is 3. The van der Waals surface area contributed by atoms with Crippen molar-refractivity contribution in [3.05, 3.63) is 40.1 Å². The molecule has 100 valence electrons. The Bertz CT molecular complexity index is 587. The van der Waals surface area contributed by atoms with Crippen molar-refractivity contribution >= 4 is 17.2 Å². The standard InChI is InChI=1S/C14H17N3OS/c1-2-10-5-8-19-13(10)14(18)16-11-3-4-12-15-6-7-17(12)9-11/h5-8,11H,2-4,9H2,1H3,(H,16,18)/t11-/m0/s1. The second-order valence-corrected chi connectivity index (χ2v) is 5.75. The van der Waals surface area contributed by atoms with Gasteiger partial charge in [-0.15, -0.1) is 11.3 Å². The van der Waals surface area contributed by atoms with E-state index in [2.05, 4.69) is 21.8 Å². The lowest BCUT2D eigenvalue weighted by atomic mass is 10.1. The third kappa shape index (κ3) is 2.42. The van der Waals surface area contributed by atoms with E-state index in [1.54, 1.807) is 0 Å². The fourth-order valence-corrected chi connectivity index (χ4v) is 3.45. The van der Waals surface area contributed by atoms with Crippen molar-refractivity contribution in [1.82, 2.24) is 14.9 Å². The zero-order valence-electron chi connectivity index (χ0n) is 10.9. The Morgan fingerprint density at radius 3 is 3.37 bits per heavy atom. The highest BCUT2D eigenvalue weighted by molar-refractivity contribution is 7.12. The van der Waals surface area contributed by atoms with Gasteiger partial charge in [0.15, 0.2) is 0 Å². The largest absolute Gasteiger partial charge is 0.347 e. The van der Waals surface area contributed by atoms with E-state index in [4.69, 9.17) is 0 Å². The van der Waals surface area contributed by atoms with Crippen LogP contribution in [-0.4, -0.2) is 21.5 Å². The van der Waals surface area contributed by atoms with Gasteiger partial charge in [-0.25, -0.2) is 4.98 Å². The first-order valence-electron chi connectivity index (χ1n) is 6.65. The summed E-state index contributed by atoms with van der Waals surface area (Å²) in [7, 11) is 0. The molecule has 3 heterocycles. The SMILES string of the molecule is CCc1ccsc1C(=O)N[C@H]1CCc2nccn2C1. The minimum Gasteiger partial charge on any atom is -0.347 e. The van der Waals surface area contributed by atoms with Gasteiger partial charge in [0.1, 0.15) is 5.82 Å². The molecular weight excluding hydrogens is 258 g/mol. The Balaban J connectivity index is 1.68. The number of aromatic nitrogens is 2. The van der Waals surface area contributed by atoms with Gasteiger partial charge in [0, 0.05) is 31.4 Å². The maximum absolute atomic E-state index is 12.3. The molecule has 19 heavy (non-hydrogen) atoms. The highest BCUT2D eigenvalue weighted by atomic mass is 32.1. The van der Waals surface area contributed by atoms with E-state index >= 15 is 0 Å². The first-order chi connectivity index (χ1) is 9.28. The average molecular weight is 275 g/mol. The van der Waals surface area contributed by atoms with Crippen molar-refractivity contribution in [3.63, 3.8) is 0 Å². The maximum atomic E-state index is 12.3. The van der Waals surface area contributed by atoms with Crippen LogP contribution in [0.5, 0.6) is 0 Å². The van der Waals surface area contributed by atoms with Gasteiger partial charge >= 0.3 is 0 Å². The molecule has 1 aliphatic rings. The lowest BCUT2D eigenvalue weighted by Gasteiger charge is -2.24. The van der Waals surface area contributed by atoms with E-state index in [0.717, 1.165) is 42.1 Å². The van der Waals surface area contributed by atoms with Crippen LogP contribution in [0.3, 0.4) is 0 Å². The lowest BCUT2D eigenvalue weighted by Crippen LogP contribution is -2.40. The third-order valence-electron chi connectivity index (χ3n) is 3.60. The van der Waals surface area contributed by atoms with Gasteiger partial charge in [-0.3, -0.25) is 4.79 Å². The molecule has 4 nitrogen and oxygen atoms in total. The van der Waals surface area contributed by atoms with Gasteiger partial charge in [-0.05, 0) is 29.9 Å². The molecule has 0 fully saturated rings. The zero-order valence-corrected chi connectivity index (χ0v) is 11.7. The third-order valence-corrected chi connectivity index (χ3v) is 4.56. The molecule has 0 bridgehead atoms. The van der Waals surface area contributed by atoms with E-state index in [1.165, 1.54) is 11.3 Å². The minimum atomic E-state index is 0.0698. The summed E-state index contributed by atoms with van der Waals surface area (Å²) in [5.74, 6) is 1.19. The Morgan fingerprint density at radius 1 is 1.63 bits per heavy atom. The summed E-state index contributed by atoms with van der Waals surface area (Å²) in [6, 6.07) is 2.25. The van der Waals surface area contributed by atoms with Crippen LogP contribution < -0.4 is 5.32 Å². The number of thiophene rings is 1. The van der Waals surface area contributed by atoms with Crippen LogP contribution in [0, 0.1) is 0 Å². The molecule has 5 heteroatoms. The van der Waals surface area contributed by atoms with Crippen LogP contribution in [-0.2, 0) is 19.4 Å². The van der Waals surface area contributed by atoms with Gasteiger partial charge in [0.05, 0.1) is 4.88 Å². The number of nitrogens with zero attached hydrogens (tertiary/aromatic N) is 2. The second-order valence-electron chi connectivity index (χ2n) is 4.83. The molecular formula is C14H17N3OS. The molecule has 0 saturated carbocycles. The van der Waals surface area contributed by atoms with E-state index in [1.807, 2.05) is 23.8 Å². The van der Waals surface area contributed by atoms with Crippen LogP contribution in [0.2, 0.25) is 0 Å². The predicted molar refractivity (Wildman–Crippen MR) is 75.5 cm³/mol. The number of fused-ring (bicyclic) bond motifs is 1. The van der Waals surface area contributed by atoms with E-state index in [9.17, 15) is 4.79 Å². The summed E-state index contributed by atoms with van der Waals surface area (Å²) in [6.07, 6.45) is 6.62. The molecule has 2 aromatic rings. The molecule has 0 saturated heterocycles. The van der Waals surface area contributed by atoms with Gasteiger partial charge in [0.2, 0.25) is 0 Å². The fourth-order valence-electron chi connectivity index (χ4n) is 2.55. The average Bonchev–Trinajstić information content (AvgIpc) is 3.06. The van der Waals surface area contributed by atoms with Crippen molar-refractivity contribution < 1.29 is 4.79 Å². The Hall–Kier alpha value is -1.62. The normalized spacial score (nSPS) is 18.1. The molecule has 1 atom stereocenters. The highest BCUT2D eigenvalue weighted by Crippen LogP contribution is 2.19. The van der Waals surface area contributed by atoms with E-state index < -0.39 is 0 Å². The Morgan fingerprint density at radius 2 is 2.53 bits per heavy atom. The van der Waals surface area contributed by atoms with Crippen LogP contribution in [0.4, 0.5) is 0 Å². The summed E-state index contributed by atoms with van der Waals surface area (Å²) in [5.41, 5.74) is 1.14. The number of aryl methyl sites for hydroxylation is 2. The number of carbonyl (C=O) groups is 1. The van der Waals surface area contributed by atoms with Gasteiger partial charge < -0.3 is 9.88 Å². The molecule has 1 aliphatic heterocycles. The van der Waals surface area contributed by atoms with Crippen LogP contribution in [0.25, 0.3) is 0 Å². The van der Waals surface area contributed by atoms with Crippen molar-refractivity contribution in [1.29, 1.82) is 0 Å². The fraction of sp³-hybridized carbons (Fsp3) is 0.429. The second kappa shape index (κ2) is 5.17.